The van der Waals surface area contributed by atoms with Crippen molar-refractivity contribution < 1.29 is 29.3 Å². The van der Waals surface area contributed by atoms with E-state index in [9.17, 15) is 24.6 Å². The van der Waals surface area contributed by atoms with Crippen molar-refractivity contribution >= 4 is 11.9 Å². The van der Waals surface area contributed by atoms with Crippen molar-refractivity contribution in [1.82, 2.24) is 10.2 Å². The van der Waals surface area contributed by atoms with E-state index in [2.05, 4.69) is 10.2 Å². The van der Waals surface area contributed by atoms with Gasteiger partial charge in [-0.1, -0.05) is 24.3 Å². The van der Waals surface area contributed by atoms with Crippen LogP contribution in [0.15, 0.2) is 59.4 Å². The number of benzene rings is 2. The summed E-state index contributed by atoms with van der Waals surface area (Å²) in [4.78, 5) is 36.4. The van der Waals surface area contributed by atoms with Crippen molar-refractivity contribution in [2.24, 2.45) is 0 Å². The largest absolute Gasteiger partial charge is 0.497 e. The first-order chi connectivity index (χ1) is 14.8. The minimum Gasteiger partial charge on any atom is -0.497 e. The van der Waals surface area contributed by atoms with Crippen LogP contribution in [-0.4, -0.2) is 46.6 Å². The Kier molecular flexibility index (Phi) is 6.35. The monoisotopic (exact) mass is 424 g/mol. The lowest BCUT2D eigenvalue weighted by Gasteiger charge is -2.20. The van der Waals surface area contributed by atoms with E-state index >= 15 is 0 Å². The molecule has 0 saturated carbocycles. The number of aromatic amines is 1. The van der Waals surface area contributed by atoms with Crippen LogP contribution in [-0.2, 0) is 9.59 Å². The van der Waals surface area contributed by atoms with Gasteiger partial charge in [0, 0.05) is 11.6 Å². The zero-order valence-corrected chi connectivity index (χ0v) is 16.7. The Bertz CT molecular complexity index is 1140. The zero-order valence-electron chi connectivity index (χ0n) is 16.7. The summed E-state index contributed by atoms with van der Waals surface area (Å²) in [5.74, 6) is -4.06. The summed E-state index contributed by atoms with van der Waals surface area (Å²) in [6.45, 7) is 0. The van der Waals surface area contributed by atoms with Crippen molar-refractivity contribution in [3.05, 3.63) is 87.3 Å². The number of rotatable bonds is 8. The van der Waals surface area contributed by atoms with Crippen LogP contribution in [0.5, 0.6) is 11.5 Å². The van der Waals surface area contributed by atoms with E-state index in [1.165, 1.54) is 14.2 Å². The van der Waals surface area contributed by atoms with Gasteiger partial charge in [0.15, 0.2) is 0 Å². The number of nitrogens with one attached hydrogen (secondary N) is 1. The Hall–Kier alpha value is -4.14. The average Bonchev–Trinajstić information content (AvgIpc) is 2.76. The summed E-state index contributed by atoms with van der Waals surface area (Å²) >= 11 is 0. The van der Waals surface area contributed by atoms with E-state index in [1.807, 2.05) is 0 Å². The summed E-state index contributed by atoms with van der Waals surface area (Å²) in [6.07, 6.45) is 0. The van der Waals surface area contributed by atoms with Crippen molar-refractivity contribution in [1.29, 1.82) is 0 Å². The van der Waals surface area contributed by atoms with Gasteiger partial charge in [-0.15, -0.1) is 0 Å². The minimum absolute atomic E-state index is 0.00960. The smallest absolute Gasteiger partial charge is 0.317 e. The number of carboxylic acid groups (broad SMARTS) is 2. The zero-order chi connectivity index (χ0) is 22.5. The molecule has 0 spiro atoms. The fourth-order valence-electron chi connectivity index (χ4n) is 3.36. The van der Waals surface area contributed by atoms with Gasteiger partial charge >= 0.3 is 11.9 Å². The summed E-state index contributed by atoms with van der Waals surface area (Å²) < 4.78 is 10.2. The first-order valence-corrected chi connectivity index (χ1v) is 9.18. The number of aliphatic carboxylic acids is 2. The highest BCUT2D eigenvalue weighted by Crippen LogP contribution is 2.34. The molecule has 2 atom stereocenters. The molecule has 3 rings (SSSR count). The fraction of sp³-hybridized carbons (Fsp3) is 0.182. The number of aromatic nitrogens is 2. The van der Waals surface area contributed by atoms with Crippen LogP contribution in [0.25, 0.3) is 0 Å². The van der Waals surface area contributed by atoms with Gasteiger partial charge in [-0.3, -0.25) is 14.4 Å². The highest BCUT2D eigenvalue weighted by Gasteiger charge is 2.33. The van der Waals surface area contributed by atoms with Gasteiger partial charge in [-0.2, -0.15) is 5.10 Å². The third kappa shape index (κ3) is 4.55. The molecule has 1 aromatic heterocycles. The maximum absolute atomic E-state index is 12.2. The summed E-state index contributed by atoms with van der Waals surface area (Å²) in [5, 5.41) is 26.0. The molecule has 0 fully saturated rings. The molecule has 0 aliphatic heterocycles. The van der Waals surface area contributed by atoms with Gasteiger partial charge in [-0.25, -0.2) is 5.10 Å². The molecular weight excluding hydrogens is 404 g/mol. The molecule has 0 radical (unpaired) electrons. The van der Waals surface area contributed by atoms with E-state index in [0.717, 1.165) is 6.07 Å². The van der Waals surface area contributed by atoms with Gasteiger partial charge in [0.1, 0.15) is 23.3 Å². The van der Waals surface area contributed by atoms with E-state index in [4.69, 9.17) is 9.47 Å². The molecule has 0 saturated heterocycles. The lowest BCUT2D eigenvalue weighted by molar-refractivity contribution is -0.139. The Morgan fingerprint density at radius 3 is 1.71 bits per heavy atom. The Labute approximate surface area is 176 Å². The number of carboxylic acids is 2. The number of methoxy groups -OCH3 is 2. The maximum atomic E-state index is 12.2. The molecule has 9 nitrogen and oxygen atoms in total. The van der Waals surface area contributed by atoms with Gasteiger partial charge in [0.2, 0.25) is 0 Å². The summed E-state index contributed by atoms with van der Waals surface area (Å²) in [5.41, 5.74) is -0.0173. The second kappa shape index (κ2) is 9.12. The van der Waals surface area contributed by atoms with E-state index in [0.29, 0.717) is 22.6 Å². The molecule has 31 heavy (non-hydrogen) atoms. The molecule has 2 aromatic carbocycles. The third-order valence-corrected chi connectivity index (χ3v) is 4.85. The van der Waals surface area contributed by atoms with Crippen LogP contribution in [0.1, 0.15) is 34.2 Å². The van der Waals surface area contributed by atoms with Crippen LogP contribution < -0.4 is 15.0 Å². The van der Waals surface area contributed by atoms with Gasteiger partial charge < -0.3 is 19.7 Å². The predicted octanol–water partition coefficient (Wildman–Crippen LogP) is 2.22. The molecular formula is C22H20N2O7. The van der Waals surface area contributed by atoms with Crippen LogP contribution in [0.4, 0.5) is 0 Å². The second-order valence-corrected chi connectivity index (χ2v) is 6.66. The lowest BCUT2D eigenvalue weighted by atomic mass is 9.84. The Morgan fingerprint density at radius 1 is 0.839 bits per heavy atom. The number of ether oxygens (including phenoxy) is 2. The van der Waals surface area contributed by atoms with Crippen molar-refractivity contribution in [2.75, 3.05) is 14.2 Å². The SMILES string of the molecule is COc1ccc(C(C(=O)O)c2cc(=O)[nH]nc2C(C(=O)O)c2ccc(OC)cc2)cc1. The van der Waals surface area contributed by atoms with Crippen molar-refractivity contribution in [3.8, 4) is 11.5 Å². The van der Waals surface area contributed by atoms with Gasteiger partial charge in [-0.05, 0) is 35.4 Å². The third-order valence-electron chi connectivity index (χ3n) is 4.85. The first-order valence-electron chi connectivity index (χ1n) is 9.18. The number of hydrogen-bond donors (Lipinski definition) is 3. The number of nitrogens with zero attached hydrogens (tertiary/aromatic N) is 1. The molecule has 0 amide bonds. The molecule has 3 N–H and O–H groups in total. The Morgan fingerprint density at radius 2 is 1.29 bits per heavy atom. The molecule has 1 heterocycles. The second-order valence-electron chi connectivity index (χ2n) is 6.66. The Balaban J connectivity index is 2.19. The van der Waals surface area contributed by atoms with Crippen LogP contribution >= 0.6 is 0 Å². The molecule has 160 valence electrons. The number of H-pyrrole nitrogens is 1. The molecule has 0 bridgehead atoms. The highest BCUT2D eigenvalue weighted by atomic mass is 16.5. The first kappa shape index (κ1) is 21.6. The van der Waals surface area contributed by atoms with Gasteiger partial charge in [0.05, 0.1) is 19.9 Å². The number of hydrogen-bond acceptors (Lipinski definition) is 6. The fourth-order valence-corrected chi connectivity index (χ4v) is 3.36. The minimum atomic E-state index is -1.31. The number of carbonyl (C=O) groups is 2. The molecule has 0 aliphatic rings. The topological polar surface area (TPSA) is 139 Å². The standard InChI is InChI=1S/C22H20N2O7/c1-30-14-7-3-12(4-8-14)18(21(26)27)16-11-17(25)23-24-20(16)19(22(28)29)13-5-9-15(31-2)10-6-13/h3-11,18-19H,1-2H3,(H,23,25)(H,26,27)(H,28,29). The average molecular weight is 424 g/mol. The van der Waals surface area contributed by atoms with Crippen LogP contribution in [0.2, 0.25) is 0 Å². The summed E-state index contributed by atoms with van der Waals surface area (Å²) in [6, 6.07) is 13.6. The van der Waals surface area contributed by atoms with E-state index < -0.39 is 29.3 Å². The predicted molar refractivity (Wildman–Crippen MR) is 110 cm³/mol. The normalized spacial score (nSPS) is 12.6. The maximum Gasteiger partial charge on any atom is 0.317 e. The van der Waals surface area contributed by atoms with Crippen molar-refractivity contribution in [2.45, 2.75) is 11.8 Å². The molecule has 2 unspecified atom stereocenters. The van der Waals surface area contributed by atoms with Crippen LogP contribution in [0.3, 0.4) is 0 Å². The summed E-state index contributed by atoms with van der Waals surface area (Å²) in [7, 11) is 2.96. The van der Waals surface area contributed by atoms with E-state index in [-0.39, 0.29) is 11.3 Å². The molecule has 9 heteroatoms. The molecule has 3 aromatic rings. The van der Waals surface area contributed by atoms with E-state index in [1.54, 1.807) is 48.5 Å². The van der Waals surface area contributed by atoms with Gasteiger partial charge in [0.25, 0.3) is 5.56 Å². The molecule has 0 aliphatic carbocycles. The van der Waals surface area contributed by atoms with Crippen molar-refractivity contribution in [3.63, 3.8) is 0 Å². The van der Waals surface area contributed by atoms with Crippen LogP contribution in [0, 0.1) is 0 Å². The lowest BCUT2D eigenvalue weighted by Crippen LogP contribution is -2.25. The quantitative estimate of drug-likeness (QED) is 0.500. The highest BCUT2D eigenvalue weighted by molar-refractivity contribution is 5.84.